The Hall–Kier alpha value is -6.75. The number of nitriles is 6. The van der Waals surface area contributed by atoms with Crippen LogP contribution in [0.25, 0.3) is 14.5 Å². The molecule has 0 aromatic heterocycles. The number of nitrogens with zero attached hydrogens (tertiary/aromatic N) is 9. The second kappa shape index (κ2) is 19.8. The molecule has 0 aromatic rings. The van der Waals surface area contributed by atoms with E-state index in [2.05, 4.69) is 84.2 Å². The Balaban J connectivity index is 1.56. The fourth-order valence-electron chi connectivity index (χ4n) is 9.76. The summed E-state index contributed by atoms with van der Waals surface area (Å²) in [6, 6.07) is 12.5. The Morgan fingerprint density at radius 2 is 0.900 bits per heavy atom. The maximum absolute atomic E-state index is 10.2. The molecule has 0 amide bonds. The van der Waals surface area contributed by atoms with Crippen molar-refractivity contribution in [2.24, 2.45) is 34.0 Å². The van der Waals surface area contributed by atoms with E-state index in [1.54, 1.807) is 0 Å². The van der Waals surface area contributed by atoms with Crippen LogP contribution in [0.3, 0.4) is 0 Å². The molecule has 0 aliphatic heterocycles. The predicted molar refractivity (Wildman–Crippen MR) is 227 cm³/mol. The molecule has 306 valence electrons. The van der Waals surface area contributed by atoms with Gasteiger partial charge < -0.3 is 16.0 Å². The molecule has 12 nitrogen and oxygen atoms in total. The molecule has 3 unspecified atom stereocenters. The summed E-state index contributed by atoms with van der Waals surface area (Å²) in [7, 11) is 0. The zero-order valence-electron chi connectivity index (χ0n) is 35.9. The van der Waals surface area contributed by atoms with Gasteiger partial charge >= 0.3 is 0 Å². The predicted octanol–water partition coefficient (Wildman–Crippen LogP) is 9.84. The van der Waals surface area contributed by atoms with Crippen molar-refractivity contribution >= 4 is 0 Å². The summed E-state index contributed by atoms with van der Waals surface area (Å²) in [6.45, 7) is 37.5. The summed E-state index contributed by atoms with van der Waals surface area (Å²) in [4.78, 5) is 10.7. The summed E-state index contributed by atoms with van der Waals surface area (Å²) >= 11 is 0. The number of nitrogens with one attached hydrogen (secondary N) is 3. The van der Waals surface area contributed by atoms with Gasteiger partial charge in [-0.05, 0) is 122 Å². The summed E-state index contributed by atoms with van der Waals surface area (Å²) in [6.07, 6.45) is 9.00. The molecule has 0 saturated heterocycles. The number of hydrogen-bond donors (Lipinski definition) is 3. The quantitative estimate of drug-likeness (QED) is 0.127. The van der Waals surface area contributed by atoms with E-state index in [0.29, 0.717) is 109 Å². The van der Waals surface area contributed by atoms with Gasteiger partial charge in [-0.2, -0.15) is 21.0 Å². The minimum Gasteiger partial charge on any atom is -0.397 e. The normalized spacial score (nSPS) is 24.6. The SMILES string of the molecule is [C-]#[N+]C1=C(NCCC2CC(CCNC3=C(C#N)C(=C(C#N)C#N)CC(C)(C)C3)CC(CCNC3=C(C#N)/C(=C(\C#N)[N+]#[C-])CC(C)(C)C3)C2)CC(C)(C)C/C1=C(\C#N)[N+]#[C-]. The molecule has 3 N–H and O–H groups in total. The number of allylic oxidation sites excluding steroid dienone is 11. The first-order chi connectivity index (χ1) is 28.5. The van der Waals surface area contributed by atoms with Gasteiger partial charge in [-0.15, -0.1) is 0 Å². The van der Waals surface area contributed by atoms with Crippen molar-refractivity contribution in [2.45, 2.75) is 119 Å². The second-order valence-electron chi connectivity index (χ2n) is 19.1. The maximum atomic E-state index is 10.2. The third kappa shape index (κ3) is 11.3. The first-order valence-corrected chi connectivity index (χ1v) is 20.7. The van der Waals surface area contributed by atoms with Gasteiger partial charge in [0.1, 0.15) is 23.8 Å². The largest absolute Gasteiger partial charge is 0.397 e. The van der Waals surface area contributed by atoms with Crippen LogP contribution in [0.5, 0.6) is 0 Å². The molecule has 1 saturated carbocycles. The van der Waals surface area contributed by atoms with Crippen molar-refractivity contribution in [2.75, 3.05) is 19.6 Å². The van der Waals surface area contributed by atoms with Crippen LogP contribution in [0, 0.1) is 122 Å². The van der Waals surface area contributed by atoms with Crippen LogP contribution < -0.4 is 16.0 Å². The average molecular weight is 799 g/mol. The van der Waals surface area contributed by atoms with Crippen LogP contribution in [0.15, 0.2) is 67.6 Å². The topological polar surface area (TPSA) is 192 Å². The second-order valence-corrected chi connectivity index (χ2v) is 19.1. The van der Waals surface area contributed by atoms with Crippen LogP contribution in [0.2, 0.25) is 0 Å². The first-order valence-electron chi connectivity index (χ1n) is 20.7. The van der Waals surface area contributed by atoms with Crippen molar-refractivity contribution in [3.05, 3.63) is 102 Å². The third-order valence-corrected chi connectivity index (χ3v) is 12.3. The van der Waals surface area contributed by atoms with Gasteiger partial charge in [0.15, 0.2) is 5.70 Å². The van der Waals surface area contributed by atoms with Gasteiger partial charge in [0.2, 0.25) is 0 Å². The van der Waals surface area contributed by atoms with Gasteiger partial charge in [0.05, 0.1) is 49.1 Å². The van der Waals surface area contributed by atoms with Gasteiger partial charge in [-0.3, -0.25) is 0 Å². The fraction of sp³-hybridized carbons (Fsp3) is 0.562. The highest BCUT2D eigenvalue weighted by Crippen LogP contribution is 2.46. The molecular formula is C48H54N12. The lowest BCUT2D eigenvalue weighted by Gasteiger charge is -2.37. The summed E-state index contributed by atoms with van der Waals surface area (Å²) < 4.78 is 0. The molecule has 0 heterocycles. The van der Waals surface area contributed by atoms with Gasteiger partial charge in [-0.1, -0.05) is 41.5 Å². The molecule has 4 aliphatic carbocycles. The van der Waals surface area contributed by atoms with E-state index in [-0.39, 0.29) is 33.2 Å². The van der Waals surface area contributed by atoms with Crippen molar-refractivity contribution in [3.8, 4) is 36.4 Å². The van der Waals surface area contributed by atoms with Crippen LogP contribution in [0.1, 0.15) is 119 Å². The molecule has 4 aliphatic rings. The lowest BCUT2D eigenvalue weighted by atomic mass is 9.71. The molecular weight excluding hydrogens is 745 g/mol. The van der Waals surface area contributed by atoms with Gasteiger partial charge in [0.25, 0.3) is 11.4 Å². The smallest absolute Gasteiger partial charge is 0.266 e. The molecule has 3 atom stereocenters. The monoisotopic (exact) mass is 798 g/mol. The van der Waals surface area contributed by atoms with E-state index in [0.717, 1.165) is 55.6 Å². The van der Waals surface area contributed by atoms with Crippen LogP contribution in [-0.4, -0.2) is 19.6 Å². The Labute approximate surface area is 357 Å². The molecule has 0 aromatic carbocycles. The highest BCUT2D eigenvalue weighted by Gasteiger charge is 2.36. The summed E-state index contributed by atoms with van der Waals surface area (Å²) in [5.41, 5.74) is 4.33. The summed E-state index contributed by atoms with van der Waals surface area (Å²) in [5, 5.41) is 69.6. The van der Waals surface area contributed by atoms with E-state index in [4.69, 9.17) is 19.7 Å². The summed E-state index contributed by atoms with van der Waals surface area (Å²) in [5.74, 6) is 1.13. The Morgan fingerprint density at radius 3 is 1.28 bits per heavy atom. The van der Waals surface area contributed by atoms with Crippen molar-refractivity contribution in [3.63, 3.8) is 0 Å². The van der Waals surface area contributed by atoms with E-state index in [9.17, 15) is 31.6 Å². The Bertz CT molecular complexity index is 2010. The zero-order valence-corrected chi connectivity index (χ0v) is 35.9. The van der Waals surface area contributed by atoms with Crippen molar-refractivity contribution < 1.29 is 0 Å². The minimum absolute atomic E-state index is 0.0161. The average Bonchev–Trinajstić information content (AvgIpc) is 3.18. The maximum Gasteiger partial charge on any atom is 0.266 e. The Morgan fingerprint density at radius 1 is 0.533 bits per heavy atom. The van der Waals surface area contributed by atoms with Gasteiger partial charge in [-0.25, -0.2) is 25.1 Å². The number of rotatable bonds is 12. The Kier molecular flexibility index (Phi) is 15.2. The first kappa shape index (κ1) is 45.9. The van der Waals surface area contributed by atoms with E-state index in [1.807, 2.05) is 24.3 Å². The molecule has 0 radical (unpaired) electrons. The van der Waals surface area contributed by atoms with Gasteiger partial charge in [0, 0.05) is 42.3 Å². The number of hydrogen-bond acceptors (Lipinski definition) is 9. The lowest BCUT2D eigenvalue weighted by Crippen LogP contribution is -2.33. The standard InChI is InChI=1S/C48H54N12/c1-46(2)19-35(34(25-49)26-50)38(27-51)40(22-46)58-13-10-31-16-32(11-14-59-41-23-47(3,4)20-36(39(41)28-52)43(29-53)55-7)18-33(17-31)12-15-60-42-24-48(5,6)21-37(45(42)57-9)44(30-54)56-8/h31-33,58-60H,10-24H2,1-6H3/b43-36+,44-37-. The molecule has 0 spiro atoms. The molecule has 60 heavy (non-hydrogen) atoms. The molecule has 1 fully saturated rings. The van der Waals surface area contributed by atoms with E-state index < -0.39 is 0 Å². The third-order valence-electron chi connectivity index (χ3n) is 12.3. The van der Waals surface area contributed by atoms with Crippen molar-refractivity contribution in [1.82, 2.24) is 16.0 Å². The molecule has 4 rings (SSSR count). The van der Waals surface area contributed by atoms with Crippen LogP contribution >= 0.6 is 0 Å². The van der Waals surface area contributed by atoms with Crippen LogP contribution in [-0.2, 0) is 0 Å². The lowest BCUT2D eigenvalue weighted by molar-refractivity contribution is 0.171. The highest BCUT2D eigenvalue weighted by molar-refractivity contribution is 5.58. The zero-order chi connectivity index (χ0) is 44.3. The van der Waals surface area contributed by atoms with Crippen LogP contribution in [0.4, 0.5) is 0 Å². The van der Waals surface area contributed by atoms with E-state index in [1.165, 1.54) is 0 Å². The molecule has 12 heteroatoms. The molecule has 0 bridgehead atoms. The minimum atomic E-state index is -0.228. The highest BCUT2D eigenvalue weighted by atomic mass is 14.9. The fourth-order valence-corrected chi connectivity index (χ4v) is 9.76. The van der Waals surface area contributed by atoms with Crippen molar-refractivity contribution in [1.29, 1.82) is 31.6 Å². The van der Waals surface area contributed by atoms with E-state index >= 15 is 0 Å².